The van der Waals surface area contributed by atoms with Crippen LogP contribution < -0.4 is 5.32 Å². The van der Waals surface area contributed by atoms with Crippen molar-refractivity contribution < 1.29 is 9.26 Å². The van der Waals surface area contributed by atoms with Crippen LogP contribution in [0.2, 0.25) is 0 Å². The molecule has 1 aromatic heterocycles. The van der Waals surface area contributed by atoms with Gasteiger partial charge in [-0.05, 0) is 47.0 Å². The van der Waals surface area contributed by atoms with E-state index in [-0.39, 0.29) is 11.2 Å². The van der Waals surface area contributed by atoms with Gasteiger partial charge in [0.25, 0.3) is 0 Å². The maximum atomic E-state index is 6.09. The first-order valence-corrected chi connectivity index (χ1v) is 8.12. The van der Waals surface area contributed by atoms with Crippen LogP contribution in [0.5, 0.6) is 0 Å². The third kappa shape index (κ3) is 3.29. The minimum Gasteiger partial charge on any atom is -0.368 e. The van der Waals surface area contributed by atoms with E-state index in [4.69, 9.17) is 9.26 Å². The summed E-state index contributed by atoms with van der Waals surface area (Å²) in [5, 5.41) is 7.68. The number of aromatic nitrogens is 2. The quantitative estimate of drug-likeness (QED) is 0.924. The van der Waals surface area contributed by atoms with Gasteiger partial charge in [0.1, 0.15) is 0 Å². The lowest BCUT2D eigenvalue weighted by atomic mass is 9.94. The molecule has 21 heavy (non-hydrogen) atoms. The molecule has 1 atom stereocenters. The van der Waals surface area contributed by atoms with Gasteiger partial charge in [-0.2, -0.15) is 4.98 Å². The average Bonchev–Trinajstić information content (AvgIpc) is 3.05. The summed E-state index contributed by atoms with van der Waals surface area (Å²) in [6.07, 6.45) is 5.96. The molecule has 2 aliphatic rings. The summed E-state index contributed by atoms with van der Waals surface area (Å²) in [5.74, 6) is 2.09. The fourth-order valence-electron chi connectivity index (χ4n) is 3.78. The maximum Gasteiger partial charge on any atom is 0.240 e. The Balaban J connectivity index is 1.58. The molecule has 2 fully saturated rings. The van der Waals surface area contributed by atoms with Crippen molar-refractivity contribution in [3.63, 3.8) is 0 Å². The summed E-state index contributed by atoms with van der Waals surface area (Å²) in [7, 11) is 0. The summed E-state index contributed by atoms with van der Waals surface area (Å²) in [6, 6.07) is 0.300. The molecular formula is C16H27N3O2. The Morgan fingerprint density at radius 2 is 1.90 bits per heavy atom. The Hall–Kier alpha value is -0.940. The molecule has 1 N–H and O–H groups in total. The summed E-state index contributed by atoms with van der Waals surface area (Å²) < 4.78 is 11.5. The van der Waals surface area contributed by atoms with Crippen molar-refractivity contribution in [2.24, 2.45) is 0 Å². The van der Waals surface area contributed by atoms with E-state index >= 15 is 0 Å². The SMILES string of the molecule is CC1(C)C[C@@H](NCc2nc(C3CCCC3)no2)C(C)(C)O1. The van der Waals surface area contributed by atoms with Crippen LogP contribution in [0.15, 0.2) is 4.52 Å². The lowest BCUT2D eigenvalue weighted by Crippen LogP contribution is -2.43. The highest BCUT2D eigenvalue weighted by Gasteiger charge is 2.45. The van der Waals surface area contributed by atoms with Crippen LogP contribution in [0, 0.1) is 0 Å². The van der Waals surface area contributed by atoms with Crippen molar-refractivity contribution in [1.29, 1.82) is 0 Å². The van der Waals surface area contributed by atoms with E-state index in [1.165, 1.54) is 25.7 Å². The van der Waals surface area contributed by atoms with Crippen LogP contribution in [0.3, 0.4) is 0 Å². The first kappa shape index (κ1) is 15.0. The van der Waals surface area contributed by atoms with E-state index in [2.05, 4.69) is 43.2 Å². The molecule has 5 heteroatoms. The Kier molecular flexibility index (Phi) is 3.82. The van der Waals surface area contributed by atoms with Gasteiger partial charge in [-0.25, -0.2) is 0 Å². The Bertz CT molecular complexity index is 489. The second-order valence-corrected chi connectivity index (χ2v) is 7.63. The number of nitrogens with zero attached hydrogens (tertiary/aromatic N) is 2. The van der Waals surface area contributed by atoms with Gasteiger partial charge >= 0.3 is 0 Å². The fourth-order valence-corrected chi connectivity index (χ4v) is 3.78. The second-order valence-electron chi connectivity index (χ2n) is 7.63. The number of hydrogen-bond acceptors (Lipinski definition) is 5. The van der Waals surface area contributed by atoms with Crippen LogP contribution in [0.1, 0.15) is 77.4 Å². The molecule has 5 nitrogen and oxygen atoms in total. The monoisotopic (exact) mass is 293 g/mol. The first-order valence-electron chi connectivity index (χ1n) is 8.12. The molecule has 3 rings (SSSR count). The molecule has 1 aliphatic heterocycles. The molecule has 1 aliphatic carbocycles. The third-order valence-corrected chi connectivity index (χ3v) is 4.78. The molecule has 0 radical (unpaired) electrons. The Labute approximate surface area is 126 Å². The average molecular weight is 293 g/mol. The minimum atomic E-state index is -0.169. The molecule has 0 unspecified atom stereocenters. The Morgan fingerprint density at radius 3 is 2.52 bits per heavy atom. The van der Waals surface area contributed by atoms with Gasteiger partial charge in [0.15, 0.2) is 5.82 Å². The maximum absolute atomic E-state index is 6.09. The molecule has 0 aromatic carbocycles. The van der Waals surface area contributed by atoms with E-state index in [0.29, 0.717) is 24.4 Å². The van der Waals surface area contributed by atoms with Crippen molar-refractivity contribution in [3.8, 4) is 0 Å². The van der Waals surface area contributed by atoms with Gasteiger partial charge in [-0.3, -0.25) is 0 Å². The first-order chi connectivity index (χ1) is 9.86. The molecule has 0 bridgehead atoms. The second kappa shape index (κ2) is 5.36. The van der Waals surface area contributed by atoms with Crippen LogP contribution >= 0.6 is 0 Å². The van der Waals surface area contributed by atoms with E-state index in [1.807, 2.05) is 0 Å². The highest BCUT2D eigenvalue weighted by molar-refractivity contribution is 5.01. The highest BCUT2D eigenvalue weighted by atomic mass is 16.5. The zero-order valence-corrected chi connectivity index (χ0v) is 13.6. The molecule has 118 valence electrons. The normalized spacial score (nSPS) is 28.3. The van der Waals surface area contributed by atoms with Crippen molar-refractivity contribution in [2.75, 3.05) is 0 Å². The third-order valence-electron chi connectivity index (χ3n) is 4.78. The number of rotatable bonds is 4. The summed E-state index contributed by atoms with van der Waals surface area (Å²) in [6.45, 7) is 9.17. The van der Waals surface area contributed by atoms with Gasteiger partial charge < -0.3 is 14.6 Å². The lowest BCUT2D eigenvalue weighted by Gasteiger charge is -2.27. The molecular weight excluding hydrogens is 266 g/mol. The van der Waals surface area contributed by atoms with E-state index in [1.54, 1.807) is 0 Å². The van der Waals surface area contributed by atoms with E-state index in [9.17, 15) is 0 Å². The van der Waals surface area contributed by atoms with Crippen molar-refractivity contribution in [2.45, 2.75) is 89.5 Å². The predicted molar refractivity (Wildman–Crippen MR) is 80.0 cm³/mol. The van der Waals surface area contributed by atoms with Crippen LogP contribution in [-0.4, -0.2) is 27.4 Å². The summed E-state index contributed by atoms with van der Waals surface area (Å²) in [4.78, 5) is 4.56. The number of ether oxygens (including phenoxy) is 1. The summed E-state index contributed by atoms with van der Waals surface area (Å²) >= 11 is 0. The van der Waals surface area contributed by atoms with Crippen LogP contribution in [-0.2, 0) is 11.3 Å². The standard InChI is InChI=1S/C16H27N3O2/c1-15(2)9-12(16(3,4)21-15)17-10-13-18-14(19-20-13)11-7-5-6-8-11/h11-12,17H,5-10H2,1-4H3/t12-/m1/s1. The van der Waals surface area contributed by atoms with Gasteiger partial charge in [-0.15, -0.1) is 0 Å². The lowest BCUT2D eigenvalue weighted by molar-refractivity contribution is -0.0700. The van der Waals surface area contributed by atoms with Crippen molar-refractivity contribution in [1.82, 2.24) is 15.5 Å². The van der Waals surface area contributed by atoms with Gasteiger partial charge in [-0.1, -0.05) is 18.0 Å². The molecule has 1 saturated carbocycles. The van der Waals surface area contributed by atoms with Gasteiger partial charge in [0.2, 0.25) is 5.89 Å². The largest absolute Gasteiger partial charge is 0.368 e. The van der Waals surface area contributed by atoms with Crippen molar-refractivity contribution in [3.05, 3.63) is 11.7 Å². The zero-order valence-electron chi connectivity index (χ0n) is 13.6. The van der Waals surface area contributed by atoms with Gasteiger partial charge in [0, 0.05) is 12.0 Å². The highest BCUT2D eigenvalue weighted by Crippen LogP contribution is 2.37. The fraction of sp³-hybridized carbons (Fsp3) is 0.875. The topological polar surface area (TPSA) is 60.2 Å². The molecule has 2 heterocycles. The number of nitrogens with one attached hydrogen (secondary N) is 1. The predicted octanol–water partition coefficient (Wildman–Crippen LogP) is 3.16. The molecule has 0 spiro atoms. The minimum absolute atomic E-state index is 0.0784. The van der Waals surface area contributed by atoms with Crippen LogP contribution in [0.25, 0.3) is 0 Å². The molecule has 1 aromatic rings. The number of hydrogen-bond donors (Lipinski definition) is 1. The molecule has 0 amide bonds. The molecule has 1 saturated heterocycles. The van der Waals surface area contributed by atoms with Crippen LogP contribution in [0.4, 0.5) is 0 Å². The van der Waals surface area contributed by atoms with E-state index < -0.39 is 0 Å². The summed E-state index contributed by atoms with van der Waals surface area (Å²) in [5.41, 5.74) is -0.247. The smallest absolute Gasteiger partial charge is 0.240 e. The zero-order chi connectivity index (χ0) is 15.1. The Morgan fingerprint density at radius 1 is 1.19 bits per heavy atom. The van der Waals surface area contributed by atoms with Crippen molar-refractivity contribution >= 4 is 0 Å². The van der Waals surface area contributed by atoms with Gasteiger partial charge in [0.05, 0.1) is 17.7 Å². The van der Waals surface area contributed by atoms with E-state index in [0.717, 1.165) is 12.2 Å².